The summed E-state index contributed by atoms with van der Waals surface area (Å²) >= 11 is 6.05. The highest BCUT2D eigenvalue weighted by atomic mass is 35.5. The van der Waals surface area contributed by atoms with E-state index in [2.05, 4.69) is 20.8 Å². The van der Waals surface area contributed by atoms with Crippen LogP contribution in [-0.4, -0.2) is 33.2 Å². The van der Waals surface area contributed by atoms with Crippen molar-refractivity contribution in [3.8, 4) is 0 Å². The number of H-pyrrole nitrogens is 1. The van der Waals surface area contributed by atoms with Crippen molar-refractivity contribution in [1.82, 2.24) is 15.5 Å². The highest BCUT2D eigenvalue weighted by Gasteiger charge is 2.32. The highest BCUT2D eigenvalue weighted by Crippen LogP contribution is 2.29. The molecule has 0 unspecified atom stereocenters. The van der Waals surface area contributed by atoms with Gasteiger partial charge >= 0.3 is 0 Å². The number of carbonyl (C=O) groups is 2. The van der Waals surface area contributed by atoms with Gasteiger partial charge in [-0.25, -0.2) is 0 Å². The zero-order valence-corrected chi connectivity index (χ0v) is 16.3. The van der Waals surface area contributed by atoms with Crippen molar-refractivity contribution in [3.63, 3.8) is 0 Å². The zero-order valence-electron chi connectivity index (χ0n) is 15.6. The lowest BCUT2D eigenvalue weighted by molar-refractivity contribution is -0.130. The molecule has 4 rings (SSSR count). The topological polar surface area (TPSA) is 107 Å². The Hall–Kier alpha value is -2.90. The van der Waals surface area contributed by atoms with Gasteiger partial charge in [-0.1, -0.05) is 29.8 Å². The van der Waals surface area contributed by atoms with Crippen LogP contribution in [0.15, 0.2) is 48.7 Å². The average Bonchev–Trinajstić information content (AvgIpc) is 3.37. The fourth-order valence-electron chi connectivity index (χ4n) is 3.73. The fourth-order valence-corrected chi connectivity index (χ4v) is 3.97. The van der Waals surface area contributed by atoms with Crippen LogP contribution in [0.2, 0.25) is 5.02 Å². The number of halogens is 1. The molecular formula is C21H21ClN4O3. The first-order valence-electron chi connectivity index (χ1n) is 9.48. The van der Waals surface area contributed by atoms with Gasteiger partial charge < -0.3 is 15.7 Å². The normalized spacial score (nSPS) is 19.8. The van der Waals surface area contributed by atoms with E-state index in [0.717, 1.165) is 10.9 Å². The molecular weight excluding hydrogens is 392 g/mol. The van der Waals surface area contributed by atoms with Crippen molar-refractivity contribution in [1.29, 1.82) is 0 Å². The van der Waals surface area contributed by atoms with E-state index in [-0.39, 0.29) is 17.9 Å². The van der Waals surface area contributed by atoms with Gasteiger partial charge in [-0.2, -0.15) is 5.10 Å². The number of aromatic amines is 1. The number of anilines is 1. The molecule has 1 aromatic heterocycles. The first-order valence-corrected chi connectivity index (χ1v) is 9.86. The molecule has 1 aliphatic rings. The molecule has 0 aliphatic heterocycles. The SMILES string of the molecule is O=C(Nc1ccc2[nH]ncc2c1)[C@H]1CC[C@H](NC(=O)[C@@H](O)c2ccccc2Cl)C1. The molecule has 7 nitrogen and oxygen atoms in total. The molecule has 0 radical (unpaired) electrons. The van der Waals surface area contributed by atoms with Crippen molar-refractivity contribution < 1.29 is 14.7 Å². The van der Waals surface area contributed by atoms with Crippen LogP contribution in [0.5, 0.6) is 0 Å². The van der Waals surface area contributed by atoms with Crippen LogP contribution in [0.1, 0.15) is 30.9 Å². The maximum absolute atomic E-state index is 12.6. The quantitative estimate of drug-likeness (QED) is 0.516. The zero-order chi connectivity index (χ0) is 20.4. The second kappa shape index (κ2) is 8.23. The number of aliphatic hydroxyl groups excluding tert-OH is 1. The van der Waals surface area contributed by atoms with E-state index in [4.69, 9.17) is 11.6 Å². The van der Waals surface area contributed by atoms with Gasteiger partial charge in [0, 0.05) is 33.6 Å². The van der Waals surface area contributed by atoms with Crippen LogP contribution in [0.25, 0.3) is 10.9 Å². The first kappa shape index (κ1) is 19.4. The highest BCUT2D eigenvalue weighted by molar-refractivity contribution is 6.31. The third-order valence-corrected chi connectivity index (χ3v) is 5.65. The van der Waals surface area contributed by atoms with Gasteiger partial charge in [-0.05, 0) is 43.5 Å². The number of amides is 2. The molecule has 2 amide bonds. The number of hydrogen-bond donors (Lipinski definition) is 4. The van der Waals surface area contributed by atoms with Crippen LogP contribution in [0, 0.1) is 5.92 Å². The summed E-state index contributed by atoms with van der Waals surface area (Å²) in [4.78, 5) is 25.0. The molecule has 1 heterocycles. The van der Waals surface area contributed by atoms with Gasteiger partial charge in [0.25, 0.3) is 5.91 Å². The Kier molecular flexibility index (Phi) is 5.51. The van der Waals surface area contributed by atoms with Crippen molar-refractivity contribution in [2.24, 2.45) is 5.92 Å². The number of nitrogens with one attached hydrogen (secondary N) is 3. The molecule has 4 N–H and O–H groups in total. The summed E-state index contributed by atoms with van der Waals surface area (Å²) in [5, 5.41) is 24.2. The van der Waals surface area contributed by atoms with Crippen LogP contribution < -0.4 is 10.6 Å². The third kappa shape index (κ3) is 4.26. The number of aromatic nitrogens is 2. The largest absolute Gasteiger partial charge is 0.378 e. The minimum Gasteiger partial charge on any atom is -0.378 e. The van der Waals surface area contributed by atoms with Gasteiger partial charge in [-0.3, -0.25) is 14.7 Å². The van der Waals surface area contributed by atoms with E-state index in [1.807, 2.05) is 18.2 Å². The summed E-state index contributed by atoms with van der Waals surface area (Å²) in [6, 6.07) is 12.1. The Labute approximate surface area is 172 Å². The number of carbonyl (C=O) groups excluding carboxylic acids is 2. The van der Waals surface area contributed by atoms with Gasteiger partial charge in [0.15, 0.2) is 6.10 Å². The Balaban J connectivity index is 1.33. The number of nitrogens with zero attached hydrogens (tertiary/aromatic N) is 1. The lowest BCUT2D eigenvalue weighted by Gasteiger charge is -2.17. The average molecular weight is 413 g/mol. The molecule has 2 aromatic carbocycles. The molecule has 3 aromatic rings. The molecule has 0 saturated heterocycles. The van der Waals surface area contributed by atoms with Crippen molar-refractivity contribution in [2.75, 3.05) is 5.32 Å². The predicted octanol–water partition coefficient (Wildman–Crippen LogP) is 3.17. The minimum absolute atomic E-state index is 0.0729. The Morgan fingerprint density at radius 3 is 2.86 bits per heavy atom. The van der Waals surface area contributed by atoms with Crippen LogP contribution in [-0.2, 0) is 9.59 Å². The van der Waals surface area contributed by atoms with E-state index in [9.17, 15) is 14.7 Å². The van der Waals surface area contributed by atoms with Gasteiger partial charge in [0.05, 0.1) is 11.7 Å². The van der Waals surface area contributed by atoms with Crippen LogP contribution >= 0.6 is 11.6 Å². The smallest absolute Gasteiger partial charge is 0.253 e. The molecule has 0 bridgehead atoms. The van der Waals surface area contributed by atoms with Crippen molar-refractivity contribution >= 4 is 40.0 Å². The van der Waals surface area contributed by atoms with E-state index in [1.165, 1.54) is 0 Å². The number of fused-ring (bicyclic) bond motifs is 1. The Morgan fingerprint density at radius 1 is 1.21 bits per heavy atom. The molecule has 0 spiro atoms. The summed E-state index contributed by atoms with van der Waals surface area (Å²) in [6.07, 6.45) is 2.25. The van der Waals surface area contributed by atoms with Crippen molar-refractivity contribution in [2.45, 2.75) is 31.4 Å². The molecule has 1 fully saturated rings. The molecule has 3 atom stereocenters. The maximum Gasteiger partial charge on any atom is 0.253 e. The predicted molar refractivity (Wildman–Crippen MR) is 110 cm³/mol. The van der Waals surface area contributed by atoms with Crippen LogP contribution in [0.3, 0.4) is 0 Å². The second-order valence-corrected chi connectivity index (χ2v) is 7.71. The first-order chi connectivity index (χ1) is 14.0. The number of rotatable bonds is 5. The fraction of sp³-hybridized carbons (Fsp3) is 0.286. The third-order valence-electron chi connectivity index (χ3n) is 5.31. The molecule has 150 valence electrons. The summed E-state index contributed by atoms with van der Waals surface area (Å²) in [5.41, 5.74) is 1.99. The molecule has 1 saturated carbocycles. The molecule has 8 heteroatoms. The van der Waals surface area contributed by atoms with E-state index < -0.39 is 12.0 Å². The van der Waals surface area contributed by atoms with Gasteiger partial charge in [-0.15, -0.1) is 0 Å². The summed E-state index contributed by atoms with van der Waals surface area (Å²) in [6.45, 7) is 0. The monoisotopic (exact) mass is 412 g/mol. The number of aliphatic hydroxyl groups is 1. The van der Waals surface area contributed by atoms with E-state index >= 15 is 0 Å². The van der Waals surface area contributed by atoms with Crippen LogP contribution in [0.4, 0.5) is 5.69 Å². The van der Waals surface area contributed by atoms with Crippen molar-refractivity contribution in [3.05, 3.63) is 59.2 Å². The summed E-state index contributed by atoms with van der Waals surface area (Å²) in [5.74, 6) is -0.774. The Morgan fingerprint density at radius 2 is 2.03 bits per heavy atom. The second-order valence-electron chi connectivity index (χ2n) is 7.30. The van der Waals surface area contributed by atoms with E-state index in [0.29, 0.717) is 35.5 Å². The van der Waals surface area contributed by atoms with E-state index in [1.54, 1.807) is 30.5 Å². The summed E-state index contributed by atoms with van der Waals surface area (Å²) in [7, 11) is 0. The van der Waals surface area contributed by atoms with Gasteiger partial charge in [0.1, 0.15) is 0 Å². The number of hydrogen-bond acceptors (Lipinski definition) is 4. The molecule has 1 aliphatic carbocycles. The van der Waals surface area contributed by atoms with Gasteiger partial charge in [0.2, 0.25) is 5.91 Å². The lowest BCUT2D eigenvalue weighted by Crippen LogP contribution is -2.37. The summed E-state index contributed by atoms with van der Waals surface area (Å²) < 4.78 is 0. The maximum atomic E-state index is 12.6. The molecule has 29 heavy (non-hydrogen) atoms. The minimum atomic E-state index is -1.33. The Bertz CT molecular complexity index is 1050. The number of benzene rings is 2. The standard InChI is InChI=1S/C21H21ClN4O3/c22-17-4-2-1-3-16(17)19(27)21(29)25-14-6-5-12(9-14)20(28)24-15-7-8-18-13(10-15)11-23-26-18/h1-4,7-8,10-12,14,19,27H,5-6,9H2,(H,23,26)(H,24,28)(H,25,29)/t12-,14-,19-/m0/s1. The lowest BCUT2D eigenvalue weighted by atomic mass is 10.1.